The van der Waals surface area contributed by atoms with Crippen LogP contribution in [0.5, 0.6) is 0 Å². The number of rotatable bonds is 6. The molecule has 226 valence electrons. The van der Waals surface area contributed by atoms with Gasteiger partial charge in [0.1, 0.15) is 5.82 Å². The van der Waals surface area contributed by atoms with Crippen LogP contribution in [-0.4, -0.2) is 60.3 Å². The molecule has 0 saturated heterocycles. The number of pyridine rings is 2. The van der Waals surface area contributed by atoms with E-state index in [1.807, 2.05) is 0 Å². The number of hydrogen-bond acceptors (Lipinski definition) is 7. The van der Waals surface area contributed by atoms with Crippen LogP contribution in [0.25, 0.3) is 32.9 Å². The molecule has 3 aromatic heterocycles. The molecule has 1 atom stereocenters. The third-order valence-corrected chi connectivity index (χ3v) is 9.07. The van der Waals surface area contributed by atoms with Crippen LogP contribution in [0.4, 0.5) is 37.8 Å². The fourth-order valence-electron chi connectivity index (χ4n) is 4.62. The smallest absolute Gasteiger partial charge is 0.372 e. The van der Waals surface area contributed by atoms with Gasteiger partial charge in [-0.2, -0.15) is 31.4 Å². The van der Waals surface area contributed by atoms with Crippen molar-refractivity contribution in [3.05, 3.63) is 72.7 Å². The first-order chi connectivity index (χ1) is 20.1. The summed E-state index contributed by atoms with van der Waals surface area (Å²) < 4.78 is 96.8. The minimum absolute atomic E-state index is 0.0206. The third kappa shape index (κ3) is 5.38. The second kappa shape index (κ2) is 10.5. The summed E-state index contributed by atoms with van der Waals surface area (Å²) in [5.41, 5.74) is -2.74. The van der Waals surface area contributed by atoms with Crippen molar-refractivity contribution in [1.29, 1.82) is 0 Å². The number of aliphatic hydroxyl groups is 1. The highest BCUT2D eigenvalue weighted by Crippen LogP contribution is 2.44. The monoisotopic (exact) mass is 622 g/mol. The van der Waals surface area contributed by atoms with Crippen LogP contribution in [-0.2, 0) is 16.3 Å². The molecule has 0 spiro atoms. The lowest BCUT2D eigenvalue weighted by molar-refractivity contribution is -0.372. The van der Waals surface area contributed by atoms with Crippen LogP contribution >= 0.6 is 0 Å². The second-order valence-corrected chi connectivity index (χ2v) is 12.4. The van der Waals surface area contributed by atoms with Gasteiger partial charge < -0.3 is 10.4 Å². The van der Waals surface area contributed by atoms with Crippen molar-refractivity contribution in [2.45, 2.75) is 36.3 Å². The Balaban J connectivity index is 1.53. The van der Waals surface area contributed by atoms with Gasteiger partial charge in [0.15, 0.2) is 0 Å². The van der Waals surface area contributed by atoms with Gasteiger partial charge in [-0.05, 0) is 55.0 Å². The van der Waals surface area contributed by atoms with Gasteiger partial charge in [0.05, 0.1) is 33.7 Å². The Labute approximate surface area is 241 Å². The Bertz CT molecular complexity index is 1950. The molecule has 0 aliphatic heterocycles. The molecule has 0 saturated carbocycles. The molecule has 3 heterocycles. The first-order valence-corrected chi connectivity index (χ1v) is 14.5. The van der Waals surface area contributed by atoms with E-state index in [4.69, 9.17) is 0 Å². The van der Waals surface area contributed by atoms with Crippen LogP contribution in [0, 0.1) is 6.92 Å². The predicted molar refractivity (Wildman–Crippen MR) is 150 cm³/mol. The summed E-state index contributed by atoms with van der Waals surface area (Å²) in [5.74, 6) is 0.469. The van der Waals surface area contributed by atoms with E-state index in [1.54, 1.807) is 62.0 Å². The van der Waals surface area contributed by atoms with Crippen molar-refractivity contribution in [2.75, 3.05) is 18.6 Å². The SMILES string of the molecule is CN=S(C)(=O)c1ccc(Nc2cc3c(-c4ccc5c(cnn5CC(O)(C(F)(F)F)C(F)(F)F)c4C)nccc3cn2)cc1. The first kappa shape index (κ1) is 30.2. The molecule has 0 aliphatic rings. The molecule has 1 unspecified atom stereocenters. The summed E-state index contributed by atoms with van der Waals surface area (Å²) >= 11 is 0. The molecule has 0 radical (unpaired) electrons. The highest BCUT2D eigenvalue weighted by Gasteiger charge is 2.70. The van der Waals surface area contributed by atoms with E-state index in [9.17, 15) is 35.7 Å². The van der Waals surface area contributed by atoms with Gasteiger partial charge in [-0.3, -0.25) is 9.67 Å². The Morgan fingerprint density at radius 1 is 0.953 bits per heavy atom. The number of hydrogen-bond donors (Lipinski definition) is 2. The predicted octanol–water partition coefficient (Wildman–Crippen LogP) is 6.64. The molecule has 15 heteroatoms. The first-order valence-electron chi connectivity index (χ1n) is 12.6. The zero-order chi connectivity index (χ0) is 31.4. The summed E-state index contributed by atoms with van der Waals surface area (Å²) in [6.45, 7) is -0.209. The number of nitrogens with one attached hydrogen (secondary N) is 1. The molecule has 0 fully saturated rings. The van der Waals surface area contributed by atoms with Crippen molar-refractivity contribution in [3.63, 3.8) is 0 Å². The Kier molecular flexibility index (Phi) is 7.37. The van der Waals surface area contributed by atoms with Crippen molar-refractivity contribution in [3.8, 4) is 11.3 Å². The van der Waals surface area contributed by atoms with E-state index >= 15 is 0 Å². The Morgan fingerprint density at radius 2 is 1.63 bits per heavy atom. The third-order valence-electron chi connectivity index (χ3n) is 7.23. The van der Waals surface area contributed by atoms with Crippen molar-refractivity contribution in [2.24, 2.45) is 4.36 Å². The number of halogens is 6. The highest BCUT2D eigenvalue weighted by molar-refractivity contribution is 7.93. The van der Waals surface area contributed by atoms with Gasteiger partial charge in [-0.25, -0.2) is 13.6 Å². The van der Waals surface area contributed by atoms with E-state index in [0.29, 0.717) is 48.7 Å². The van der Waals surface area contributed by atoms with E-state index in [1.165, 1.54) is 19.2 Å². The van der Waals surface area contributed by atoms with E-state index in [2.05, 4.69) is 24.7 Å². The van der Waals surface area contributed by atoms with Gasteiger partial charge in [0.25, 0.3) is 5.60 Å². The van der Waals surface area contributed by atoms with Crippen molar-refractivity contribution < 1.29 is 35.7 Å². The van der Waals surface area contributed by atoms with Crippen LogP contribution in [0.15, 0.2) is 76.4 Å². The van der Waals surface area contributed by atoms with Gasteiger partial charge in [0.2, 0.25) is 0 Å². The van der Waals surface area contributed by atoms with Crippen molar-refractivity contribution >= 4 is 42.9 Å². The molecule has 2 N–H and O–H groups in total. The molecule has 0 bridgehead atoms. The number of fused-ring (bicyclic) bond motifs is 2. The lowest BCUT2D eigenvalue weighted by atomic mass is 9.98. The summed E-state index contributed by atoms with van der Waals surface area (Å²) in [4.78, 5) is 9.53. The highest BCUT2D eigenvalue weighted by atomic mass is 32.2. The van der Waals surface area contributed by atoms with Gasteiger partial charge in [-0.1, -0.05) is 6.07 Å². The molecule has 8 nitrogen and oxygen atoms in total. The molecule has 2 aromatic carbocycles. The van der Waals surface area contributed by atoms with E-state index in [0.717, 1.165) is 11.6 Å². The van der Waals surface area contributed by atoms with Crippen molar-refractivity contribution in [1.82, 2.24) is 19.7 Å². The number of nitrogens with zero attached hydrogens (tertiary/aromatic N) is 5. The van der Waals surface area contributed by atoms with Gasteiger partial charge in [0, 0.05) is 58.0 Å². The molecule has 0 aliphatic carbocycles. The maximum Gasteiger partial charge on any atom is 0.428 e. The van der Waals surface area contributed by atoms with E-state index < -0.39 is 34.2 Å². The largest absolute Gasteiger partial charge is 0.428 e. The quantitative estimate of drug-likeness (QED) is 0.206. The number of alkyl halides is 6. The van der Waals surface area contributed by atoms with Gasteiger partial charge >= 0.3 is 12.4 Å². The van der Waals surface area contributed by atoms with E-state index in [-0.39, 0.29) is 5.52 Å². The number of aryl methyl sites for hydroxylation is 1. The van der Waals surface area contributed by atoms with Gasteiger partial charge in [-0.15, -0.1) is 0 Å². The lowest BCUT2D eigenvalue weighted by Crippen LogP contribution is -2.59. The average Bonchev–Trinajstić information content (AvgIpc) is 3.35. The maximum absolute atomic E-state index is 13.3. The van der Waals surface area contributed by atoms with Crippen LogP contribution < -0.4 is 5.32 Å². The number of aromatic nitrogens is 4. The van der Waals surface area contributed by atoms with Crippen LogP contribution in [0.2, 0.25) is 0 Å². The Morgan fingerprint density at radius 3 is 2.26 bits per heavy atom. The fourth-order valence-corrected chi connectivity index (χ4v) is 5.48. The minimum atomic E-state index is -5.98. The molecular weight excluding hydrogens is 598 g/mol. The molecule has 0 amide bonds. The summed E-state index contributed by atoms with van der Waals surface area (Å²) in [6.07, 6.45) is -6.05. The summed E-state index contributed by atoms with van der Waals surface area (Å²) in [7, 11) is -0.996. The standard InChI is InChI=1S/C28H24F6N6O2S/c1-16-20(8-9-23-22(16)14-38-40(23)15-26(41,27(29,30)31)28(32,33)34)25-21-12-24(37-13-17(21)10-11-36-25)39-18-4-6-19(7-5-18)43(3,42)35-2/h4-14,41H,15H2,1-3H3,(H,37,39). The van der Waals surface area contributed by atoms with Crippen LogP contribution in [0.1, 0.15) is 5.56 Å². The zero-order valence-corrected chi connectivity index (χ0v) is 23.6. The maximum atomic E-state index is 13.3. The number of benzene rings is 2. The summed E-state index contributed by atoms with van der Waals surface area (Å²) in [6, 6.07) is 13.3. The topological polar surface area (TPSA) is 105 Å². The molecule has 5 rings (SSSR count). The zero-order valence-electron chi connectivity index (χ0n) is 22.8. The summed E-state index contributed by atoms with van der Waals surface area (Å²) in [5, 5.41) is 18.3. The number of anilines is 2. The molecule has 43 heavy (non-hydrogen) atoms. The molecular formula is C28H24F6N6O2S. The normalized spacial score (nSPS) is 14.2. The average molecular weight is 623 g/mol. The molecule has 5 aromatic rings. The second-order valence-electron chi connectivity index (χ2n) is 9.91. The van der Waals surface area contributed by atoms with Crippen LogP contribution in [0.3, 0.4) is 0 Å². The lowest BCUT2D eigenvalue weighted by Gasteiger charge is -2.32. The minimum Gasteiger partial charge on any atom is -0.372 e. The Hall–Kier alpha value is -4.24. The fraction of sp³-hybridized carbons (Fsp3) is 0.250.